The standard InChI is InChI=1S/C30H48O4/c1-25(2)21-9-12-28(5)22(27(21,4)11-10-23(25)33)8-7-19-20-15-26(3,17-31)13-14-30(20,18-32)24(34)16-29(19,28)6/h7,17,20-24,32-34H,8-16,18H2,1-6H3/t20-,21-,22-,23-,24+,26-,27-,28+,29+,30+/m0/s1. The van der Waals surface area contributed by atoms with Gasteiger partial charge in [-0.15, -0.1) is 0 Å². The molecule has 4 fully saturated rings. The van der Waals surface area contributed by atoms with E-state index in [-0.39, 0.29) is 45.7 Å². The number of hydrogen-bond donors (Lipinski definition) is 3. The van der Waals surface area contributed by atoms with Crippen molar-refractivity contribution in [3.05, 3.63) is 11.6 Å². The lowest BCUT2D eigenvalue weighted by Crippen LogP contribution is -2.67. The lowest BCUT2D eigenvalue weighted by Gasteiger charge is -2.72. The van der Waals surface area contributed by atoms with Crippen molar-refractivity contribution in [3.63, 3.8) is 0 Å². The summed E-state index contributed by atoms with van der Waals surface area (Å²) >= 11 is 0. The molecule has 5 aliphatic carbocycles. The van der Waals surface area contributed by atoms with Crippen molar-refractivity contribution in [3.8, 4) is 0 Å². The van der Waals surface area contributed by atoms with Gasteiger partial charge in [-0.05, 0) is 97.2 Å². The predicted octanol–water partition coefficient (Wildman–Crippen LogP) is 5.29. The third-order valence-electron chi connectivity index (χ3n) is 13.2. The third kappa shape index (κ3) is 2.85. The highest BCUT2D eigenvalue weighted by Crippen LogP contribution is 2.75. The van der Waals surface area contributed by atoms with Gasteiger partial charge in [0, 0.05) is 10.8 Å². The van der Waals surface area contributed by atoms with Crippen LogP contribution in [0.2, 0.25) is 0 Å². The van der Waals surface area contributed by atoms with Crippen LogP contribution in [0.4, 0.5) is 0 Å². The molecule has 0 heterocycles. The molecule has 3 N–H and O–H groups in total. The Kier molecular flexibility index (Phi) is 5.44. The molecule has 0 aromatic rings. The van der Waals surface area contributed by atoms with Crippen LogP contribution in [0.5, 0.6) is 0 Å². The molecule has 5 aliphatic rings. The number of allylic oxidation sites excluding steroid dienone is 2. The topological polar surface area (TPSA) is 77.8 Å². The predicted molar refractivity (Wildman–Crippen MR) is 134 cm³/mol. The molecule has 4 heteroatoms. The molecule has 192 valence electrons. The molecule has 0 bridgehead atoms. The van der Waals surface area contributed by atoms with Gasteiger partial charge in [-0.1, -0.05) is 53.2 Å². The largest absolute Gasteiger partial charge is 0.396 e. The first kappa shape index (κ1) is 25.0. The molecule has 0 spiro atoms. The van der Waals surface area contributed by atoms with Crippen molar-refractivity contribution in [2.75, 3.05) is 6.61 Å². The molecule has 0 aliphatic heterocycles. The van der Waals surface area contributed by atoms with Crippen LogP contribution in [0.1, 0.15) is 99.3 Å². The van der Waals surface area contributed by atoms with E-state index in [0.717, 1.165) is 51.2 Å². The molecule has 0 radical (unpaired) electrons. The first-order valence-corrected chi connectivity index (χ1v) is 13.9. The summed E-state index contributed by atoms with van der Waals surface area (Å²) in [6.45, 7) is 14.0. The number of carbonyl (C=O) groups excluding carboxylic acids is 1. The number of aldehydes is 1. The van der Waals surface area contributed by atoms with Crippen LogP contribution in [0.15, 0.2) is 11.6 Å². The minimum Gasteiger partial charge on any atom is -0.396 e. The second kappa shape index (κ2) is 7.42. The Morgan fingerprint density at radius 2 is 1.62 bits per heavy atom. The van der Waals surface area contributed by atoms with E-state index in [0.29, 0.717) is 24.7 Å². The van der Waals surface area contributed by atoms with Gasteiger partial charge in [0.1, 0.15) is 6.29 Å². The zero-order valence-corrected chi connectivity index (χ0v) is 22.4. The molecule has 0 aromatic carbocycles. The van der Waals surface area contributed by atoms with E-state index in [1.54, 1.807) is 0 Å². The molecule has 10 atom stereocenters. The van der Waals surface area contributed by atoms with E-state index in [9.17, 15) is 20.1 Å². The van der Waals surface area contributed by atoms with Gasteiger partial charge >= 0.3 is 0 Å². The van der Waals surface area contributed by atoms with Gasteiger partial charge in [0.25, 0.3) is 0 Å². The number of fused-ring (bicyclic) bond motifs is 7. The lowest BCUT2D eigenvalue weighted by atomic mass is 9.33. The van der Waals surface area contributed by atoms with Crippen molar-refractivity contribution in [2.24, 2.45) is 50.2 Å². The highest BCUT2D eigenvalue weighted by Gasteiger charge is 2.69. The van der Waals surface area contributed by atoms with Gasteiger partial charge in [-0.25, -0.2) is 0 Å². The maximum absolute atomic E-state index is 12.1. The van der Waals surface area contributed by atoms with Crippen LogP contribution in [0.3, 0.4) is 0 Å². The van der Waals surface area contributed by atoms with Crippen molar-refractivity contribution in [1.82, 2.24) is 0 Å². The molecule has 0 amide bonds. The van der Waals surface area contributed by atoms with E-state index < -0.39 is 11.5 Å². The second-order valence-corrected chi connectivity index (χ2v) is 14.8. The summed E-state index contributed by atoms with van der Waals surface area (Å²) in [5.74, 6) is 1.07. The smallest absolute Gasteiger partial charge is 0.125 e. The van der Waals surface area contributed by atoms with Crippen molar-refractivity contribution in [2.45, 2.75) is 112 Å². The van der Waals surface area contributed by atoms with Crippen LogP contribution in [0, 0.1) is 50.2 Å². The lowest BCUT2D eigenvalue weighted by molar-refractivity contribution is -0.218. The fourth-order valence-corrected chi connectivity index (χ4v) is 10.7. The van der Waals surface area contributed by atoms with Crippen molar-refractivity contribution >= 4 is 6.29 Å². The Morgan fingerprint density at radius 1 is 0.912 bits per heavy atom. The molecular formula is C30H48O4. The molecular weight excluding hydrogens is 424 g/mol. The van der Waals surface area contributed by atoms with E-state index >= 15 is 0 Å². The Labute approximate surface area is 206 Å². The van der Waals surface area contributed by atoms with Crippen LogP contribution >= 0.6 is 0 Å². The van der Waals surface area contributed by atoms with E-state index in [1.807, 2.05) is 0 Å². The number of hydrogen-bond acceptors (Lipinski definition) is 4. The summed E-state index contributed by atoms with van der Waals surface area (Å²) in [6.07, 6.45) is 10.9. The average molecular weight is 473 g/mol. The van der Waals surface area contributed by atoms with E-state index in [4.69, 9.17) is 0 Å². The second-order valence-electron chi connectivity index (χ2n) is 14.8. The van der Waals surface area contributed by atoms with Gasteiger partial charge in [0.15, 0.2) is 0 Å². The van der Waals surface area contributed by atoms with E-state index in [2.05, 4.69) is 47.6 Å². The summed E-state index contributed by atoms with van der Waals surface area (Å²) in [5, 5.41) is 33.2. The highest BCUT2D eigenvalue weighted by molar-refractivity contribution is 5.59. The monoisotopic (exact) mass is 472 g/mol. The van der Waals surface area contributed by atoms with Crippen molar-refractivity contribution in [1.29, 1.82) is 0 Å². The van der Waals surface area contributed by atoms with Crippen LogP contribution in [0.25, 0.3) is 0 Å². The normalized spacial score (nSPS) is 56.3. The molecule has 34 heavy (non-hydrogen) atoms. The zero-order valence-electron chi connectivity index (χ0n) is 22.4. The average Bonchev–Trinajstić information content (AvgIpc) is 2.77. The third-order valence-corrected chi connectivity index (χ3v) is 13.2. The van der Waals surface area contributed by atoms with Gasteiger partial charge in [-0.2, -0.15) is 0 Å². The van der Waals surface area contributed by atoms with Gasteiger partial charge < -0.3 is 20.1 Å². The Morgan fingerprint density at radius 3 is 2.26 bits per heavy atom. The minimum atomic E-state index is -0.549. The highest BCUT2D eigenvalue weighted by atomic mass is 16.3. The maximum Gasteiger partial charge on any atom is 0.125 e. The van der Waals surface area contributed by atoms with Gasteiger partial charge in [0.2, 0.25) is 0 Å². The molecule has 5 rings (SSSR count). The van der Waals surface area contributed by atoms with Crippen molar-refractivity contribution < 1.29 is 20.1 Å². The Hall–Kier alpha value is -0.710. The fourth-order valence-electron chi connectivity index (χ4n) is 10.7. The minimum absolute atomic E-state index is 0.00675. The molecule has 0 saturated heterocycles. The van der Waals surface area contributed by atoms with Gasteiger partial charge in [-0.3, -0.25) is 0 Å². The maximum atomic E-state index is 12.1. The summed E-state index contributed by atoms with van der Waals surface area (Å²) in [5.41, 5.74) is 0.526. The van der Waals surface area contributed by atoms with Crippen LogP contribution in [-0.2, 0) is 4.79 Å². The van der Waals surface area contributed by atoms with E-state index in [1.165, 1.54) is 5.57 Å². The molecule has 0 aromatic heterocycles. The quantitative estimate of drug-likeness (QED) is 0.377. The Bertz CT molecular complexity index is 894. The number of aliphatic hydroxyl groups is 3. The van der Waals surface area contributed by atoms with Gasteiger partial charge in [0.05, 0.1) is 18.8 Å². The number of rotatable bonds is 2. The molecule has 4 saturated carbocycles. The zero-order chi connectivity index (χ0) is 24.9. The SMILES string of the molecule is CC1(C)[C@@H](O)CC[C@@]2(C)[C@H]1CC[C@]1(C)[C@H]2CC=C2[C@@H]3C[C@@](C)(C=O)CC[C@]3(CO)[C@H](O)C[C@]21C. The Balaban J connectivity index is 1.61. The summed E-state index contributed by atoms with van der Waals surface area (Å²) < 4.78 is 0. The molecule has 4 nitrogen and oxygen atoms in total. The number of aliphatic hydroxyl groups excluding tert-OH is 3. The van der Waals surface area contributed by atoms with Crippen LogP contribution in [-0.4, -0.2) is 40.4 Å². The summed E-state index contributed by atoms with van der Waals surface area (Å²) in [7, 11) is 0. The first-order valence-electron chi connectivity index (χ1n) is 13.9. The summed E-state index contributed by atoms with van der Waals surface area (Å²) in [4.78, 5) is 12.1. The van der Waals surface area contributed by atoms with Crippen LogP contribution < -0.4 is 0 Å². The first-order chi connectivity index (χ1) is 15.7. The molecule has 0 unspecified atom stereocenters. The summed E-state index contributed by atoms with van der Waals surface area (Å²) in [6, 6.07) is 0. The fraction of sp³-hybridized carbons (Fsp3) is 0.900. The number of carbonyl (C=O) groups is 1.